The van der Waals surface area contributed by atoms with Gasteiger partial charge in [-0.05, 0) is 42.3 Å². The van der Waals surface area contributed by atoms with Gasteiger partial charge in [-0.3, -0.25) is 0 Å². The summed E-state index contributed by atoms with van der Waals surface area (Å²) in [6.07, 6.45) is -4.43. The molecule has 108 valence electrons. The molecular formula is C15H9F3O2S. The van der Waals surface area contributed by atoms with Crippen LogP contribution in [0.1, 0.15) is 11.1 Å². The van der Waals surface area contributed by atoms with E-state index in [4.69, 9.17) is 0 Å². The van der Waals surface area contributed by atoms with Crippen LogP contribution < -0.4 is 0 Å². The molecule has 0 bridgehead atoms. The van der Waals surface area contributed by atoms with Crippen LogP contribution in [0.5, 0.6) is 0 Å². The number of benzene rings is 2. The van der Waals surface area contributed by atoms with E-state index < -0.39 is 21.6 Å². The second kappa shape index (κ2) is 5.62. The van der Waals surface area contributed by atoms with E-state index in [9.17, 15) is 21.6 Å². The van der Waals surface area contributed by atoms with Gasteiger partial charge in [-0.1, -0.05) is 18.2 Å². The number of alkyl halides is 3. The maximum atomic E-state index is 12.4. The molecule has 2 aromatic rings. The SMILES string of the molecule is O=S(=O)(C#Cc1ccc(C(F)(F)F)cc1)c1ccccc1. The maximum absolute atomic E-state index is 12.4. The van der Waals surface area contributed by atoms with Crippen molar-refractivity contribution in [2.45, 2.75) is 11.1 Å². The van der Waals surface area contributed by atoms with Gasteiger partial charge in [0.05, 0.1) is 10.5 Å². The first kappa shape index (κ1) is 15.1. The zero-order chi connectivity index (χ0) is 15.5. The molecule has 2 nitrogen and oxygen atoms in total. The zero-order valence-electron chi connectivity index (χ0n) is 10.6. The Kier molecular flexibility index (Phi) is 4.05. The van der Waals surface area contributed by atoms with Crippen LogP contribution in [0.2, 0.25) is 0 Å². The van der Waals surface area contributed by atoms with Gasteiger partial charge < -0.3 is 0 Å². The van der Waals surface area contributed by atoms with E-state index in [0.717, 1.165) is 24.3 Å². The van der Waals surface area contributed by atoms with Crippen LogP contribution >= 0.6 is 0 Å². The van der Waals surface area contributed by atoms with E-state index in [1.807, 2.05) is 0 Å². The summed E-state index contributed by atoms with van der Waals surface area (Å²) < 4.78 is 60.9. The third-order valence-electron chi connectivity index (χ3n) is 2.60. The molecule has 6 heteroatoms. The Labute approximate surface area is 120 Å². The van der Waals surface area contributed by atoms with Crippen molar-refractivity contribution in [3.05, 3.63) is 65.7 Å². The minimum absolute atomic E-state index is 0.0458. The zero-order valence-corrected chi connectivity index (χ0v) is 11.4. The third-order valence-corrected chi connectivity index (χ3v) is 3.86. The van der Waals surface area contributed by atoms with Crippen molar-refractivity contribution in [1.29, 1.82) is 0 Å². The summed E-state index contributed by atoms with van der Waals surface area (Å²) in [6.45, 7) is 0. The maximum Gasteiger partial charge on any atom is 0.416 e. The standard InChI is InChI=1S/C15H9F3O2S/c16-15(17,18)13-8-6-12(7-9-13)10-11-21(19,20)14-4-2-1-3-5-14/h1-9H. The van der Waals surface area contributed by atoms with E-state index in [0.29, 0.717) is 0 Å². The summed E-state index contributed by atoms with van der Waals surface area (Å²) in [7, 11) is -3.78. The summed E-state index contributed by atoms with van der Waals surface area (Å²) in [5.41, 5.74) is -0.610. The lowest BCUT2D eigenvalue weighted by molar-refractivity contribution is -0.137. The van der Waals surface area contributed by atoms with Crippen LogP contribution in [0.15, 0.2) is 59.5 Å². The molecule has 2 aromatic carbocycles. The molecule has 0 aromatic heterocycles. The van der Waals surface area contributed by atoms with Crippen molar-refractivity contribution in [2.75, 3.05) is 0 Å². The molecule has 0 N–H and O–H groups in total. The molecule has 0 fully saturated rings. The normalized spacial score (nSPS) is 11.6. The van der Waals surface area contributed by atoms with E-state index >= 15 is 0 Å². The Morgan fingerprint density at radius 1 is 0.857 bits per heavy atom. The minimum atomic E-state index is -4.43. The van der Waals surface area contributed by atoms with Gasteiger partial charge in [0.15, 0.2) is 0 Å². The number of hydrogen-bond acceptors (Lipinski definition) is 2. The van der Waals surface area contributed by atoms with Gasteiger partial charge in [-0.2, -0.15) is 13.2 Å². The van der Waals surface area contributed by atoms with Crippen LogP contribution in [0.4, 0.5) is 13.2 Å². The molecule has 0 aliphatic heterocycles. The molecule has 0 aliphatic rings. The molecule has 0 aliphatic carbocycles. The van der Waals surface area contributed by atoms with Gasteiger partial charge in [-0.15, -0.1) is 0 Å². The molecule has 0 saturated carbocycles. The molecule has 21 heavy (non-hydrogen) atoms. The Morgan fingerprint density at radius 2 is 1.43 bits per heavy atom. The van der Waals surface area contributed by atoms with E-state index in [1.54, 1.807) is 18.2 Å². The van der Waals surface area contributed by atoms with Crippen LogP contribution in [-0.4, -0.2) is 8.42 Å². The lowest BCUT2D eigenvalue weighted by Crippen LogP contribution is -2.04. The van der Waals surface area contributed by atoms with Gasteiger partial charge in [0.2, 0.25) is 9.84 Å². The van der Waals surface area contributed by atoms with Crippen molar-refractivity contribution >= 4 is 9.84 Å². The first-order valence-corrected chi connectivity index (χ1v) is 7.27. The molecule has 0 spiro atoms. The summed E-state index contributed by atoms with van der Waals surface area (Å²) >= 11 is 0. The number of sulfone groups is 1. The fourth-order valence-corrected chi connectivity index (χ4v) is 2.41. The lowest BCUT2D eigenvalue weighted by atomic mass is 10.1. The molecule has 0 heterocycles. The summed E-state index contributed by atoms with van der Waals surface area (Å²) in [5, 5.41) is 2.09. The van der Waals surface area contributed by atoms with Crippen molar-refractivity contribution in [3.63, 3.8) is 0 Å². The Bertz CT molecular complexity index is 781. The van der Waals surface area contributed by atoms with Crippen LogP contribution in [0.3, 0.4) is 0 Å². The van der Waals surface area contributed by atoms with Gasteiger partial charge in [0.25, 0.3) is 0 Å². The average Bonchev–Trinajstić information content (AvgIpc) is 2.46. The van der Waals surface area contributed by atoms with E-state index in [1.165, 1.54) is 12.1 Å². The Morgan fingerprint density at radius 3 is 1.95 bits per heavy atom. The monoisotopic (exact) mass is 310 g/mol. The van der Waals surface area contributed by atoms with Gasteiger partial charge >= 0.3 is 6.18 Å². The predicted molar refractivity (Wildman–Crippen MR) is 71.9 cm³/mol. The second-order valence-electron chi connectivity index (χ2n) is 4.12. The average molecular weight is 310 g/mol. The highest BCUT2D eigenvalue weighted by Crippen LogP contribution is 2.28. The van der Waals surface area contributed by atoms with Crippen molar-refractivity contribution < 1.29 is 21.6 Å². The molecular weight excluding hydrogens is 301 g/mol. The van der Waals surface area contributed by atoms with Crippen molar-refractivity contribution in [1.82, 2.24) is 0 Å². The van der Waals surface area contributed by atoms with Gasteiger partial charge in [-0.25, -0.2) is 8.42 Å². The van der Waals surface area contributed by atoms with E-state index in [-0.39, 0.29) is 10.5 Å². The molecule has 0 saturated heterocycles. The molecule has 0 radical (unpaired) electrons. The smallest absolute Gasteiger partial charge is 0.210 e. The van der Waals surface area contributed by atoms with Gasteiger partial charge in [0.1, 0.15) is 0 Å². The summed E-state index contributed by atoms with van der Waals surface area (Å²) in [5.74, 6) is 2.36. The molecule has 0 atom stereocenters. The predicted octanol–water partition coefficient (Wildman–Crippen LogP) is 3.49. The largest absolute Gasteiger partial charge is 0.416 e. The fraction of sp³-hybridized carbons (Fsp3) is 0.0667. The van der Waals surface area contributed by atoms with Crippen LogP contribution in [0, 0.1) is 11.2 Å². The highest BCUT2D eigenvalue weighted by atomic mass is 32.2. The van der Waals surface area contributed by atoms with Crippen molar-refractivity contribution in [3.8, 4) is 11.2 Å². The lowest BCUT2D eigenvalue weighted by Gasteiger charge is -2.05. The number of halogens is 3. The molecule has 2 rings (SSSR count). The second-order valence-corrected chi connectivity index (χ2v) is 5.80. The summed E-state index contributed by atoms with van der Waals surface area (Å²) in [4.78, 5) is 0.0458. The summed E-state index contributed by atoms with van der Waals surface area (Å²) in [6, 6.07) is 11.6. The minimum Gasteiger partial charge on any atom is -0.210 e. The highest BCUT2D eigenvalue weighted by molar-refractivity contribution is 7.96. The number of hydrogen-bond donors (Lipinski definition) is 0. The first-order valence-electron chi connectivity index (χ1n) is 5.79. The Hall–Kier alpha value is -2.26. The molecule has 0 unspecified atom stereocenters. The van der Waals surface area contributed by atoms with Gasteiger partial charge in [0, 0.05) is 10.8 Å². The van der Waals surface area contributed by atoms with Crippen molar-refractivity contribution in [2.24, 2.45) is 0 Å². The molecule has 0 amide bonds. The van der Waals surface area contributed by atoms with E-state index in [2.05, 4.69) is 11.2 Å². The Balaban J connectivity index is 2.28. The number of rotatable bonds is 1. The quantitative estimate of drug-likeness (QED) is 0.756. The highest BCUT2D eigenvalue weighted by Gasteiger charge is 2.29. The first-order chi connectivity index (χ1) is 9.79. The fourth-order valence-electron chi connectivity index (χ4n) is 1.53. The third kappa shape index (κ3) is 3.86. The van der Waals surface area contributed by atoms with Crippen LogP contribution in [0.25, 0.3) is 0 Å². The van der Waals surface area contributed by atoms with Crippen LogP contribution in [-0.2, 0) is 16.0 Å². The topological polar surface area (TPSA) is 34.1 Å².